The van der Waals surface area contributed by atoms with Crippen molar-refractivity contribution in [2.75, 3.05) is 0 Å². The van der Waals surface area contributed by atoms with Crippen molar-refractivity contribution in [3.63, 3.8) is 0 Å². The first-order valence-electron chi connectivity index (χ1n) is 7.49. The standard InChI is InChI=1S/C19H20N2S/c1-16-6-2-3-8-18(16)14-21(15-19-9-5-11-22-19)13-17-7-4-10-20-12-17/h2-12H,13-15H2,1H3. The number of hydrogen-bond donors (Lipinski definition) is 0. The van der Waals surface area contributed by atoms with Crippen LogP contribution in [-0.4, -0.2) is 9.88 Å². The summed E-state index contributed by atoms with van der Waals surface area (Å²) in [6, 6.07) is 17.1. The van der Waals surface area contributed by atoms with Crippen molar-refractivity contribution in [1.29, 1.82) is 0 Å². The average molecular weight is 308 g/mol. The number of rotatable bonds is 6. The Morgan fingerprint density at radius 1 is 0.955 bits per heavy atom. The molecule has 3 aromatic rings. The fraction of sp³-hybridized carbons (Fsp3) is 0.211. The van der Waals surface area contributed by atoms with E-state index < -0.39 is 0 Å². The van der Waals surface area contributed by atoms with E-state index in [2.05, 4.69) is 64.7 Å². The van der Waals surface area contributed by atoms with Crippen molar-refractivity contribution in [1.82, 2.24) is 9.88 Å². The monoisotopic (exact) mass is 308 g/mol. The van der Waals surface area contributed by atoms with Crippen LogP contribution in [0, 0.1) is 6.92 Å². The first kappa shape index (κ1) is 14.9. The van der Waals surface area contributed by atoms with Crippen LogP contribution in [0.3, 0.4) is 0 Å². The summed E-state index contributed by atoms with van der Waals surface area (Å²) in [7, 11) is 0. The zero-order chi connectivity index (χ0) is 15.2. The Morgan fingerprint density at radius 2 is 1.86 bits per heavy atom. The lowest BCUT2D eigenvalue weighted by Crippen LogP contribution is -2.22. The number of nitrogens with zero attached hydrogens (tertiary/aromatic N) is 2. The Labute approximate surface area is 136 Å². The highest BCUT2D eigenvalue weighted by Crippen LogP contribution is 2.18. The summed E-state index contributed by atoms with van der Waals surface area (Å²) in [5.41, 5.74) is 4.00. The van der Waals surface area contributed by atoms with E-state index in [0.717, 1.165) is 19.6 Å². The Balaban J connectivity index is 1.78. The van der Waals surface area contributed by atoms with Gasteiger partial charge in [0.1, 0.15) is 0 Å². The van der Waals surface area contributed by atoms with Crippen LogP contribution in [-0.2, 0) is 19.6 Å². The van der Waals surface area contributed by atoms with Gasteiger partial charge in [-0.3, -0.25) is 9.88 Å². The van der Waals surface area contributed by atoms with Crippen molar-refractivity contribution in [2.24, 2.45) is 0 Å². The maximum atomic E-state index is 4.24. The van der Waals surface area contributed by atoms with Gasteiger partial charge in [-0.15, -0.1) is 11.3 Å². The average Bonchev–Trinajstić information content (AvgIpc) is 3.03. The van der Waals surface area contributed by atoms with Gasteiger partial charge in [0.05, 0.1) is 0 Å². The van der Waals surface area contributed by atoms with Gasteiger partial charge in [-0.1, -0.05) is 36.4 Å². The van der Waals surface area contributed by atoms with Crippen molar-refractivity contribution in [2.45, 2.75) is 26.6 Å². The number of pyridine rings is 1. The molecular weight excluding hydrogens is 288 g/mol. The number of benzene rings is 1. The first-order chi connectivity index (χ1) is 10.8. The Kier molecular flexibility index (Phi) is 4.99. The van der Waals surface area contributed by atoms with E-state index in [1.807, 2.05) is 29.8 Å². The van der Waals surface area contributed by atoms with E-state index in [9.17, 15) is 0 Å². The summed E-state index contributed by atoms with van der Waals surface area (Å²) < 4.78 is 0. The van der Waals surface area contributed by atoms with Gasteiger partial charge in [0.15, 0.2) is 0 Å². The molecule has 2 aromatic heterocycles. The molecule has 0 N–H and O–H groups in total. The van der Waals surface area contributed by atoms with Crippen LogP contribution in [0.5, 0.6) is 0 Å². The molecule has 2 heterocycles. The van der Waals surface area contributed by atoms with Crippen LogP contribution >= 0.6 is 11.3 Å². The minimum absolute atomic E-state index is 0.917. The molecule has 0 amide bonds. The van der Waals surface area contributed by atoms with Gasteiger partial charge in [-0.05, 0) is 41.1 Å². The van der Waals surface area contributed by atoms with Gasteiger partial charge in [0.2, 0.25) is 0 Å². The quantitative estimate of drug-likeness (QED) is 0.659. The SMILES string of the molecule is Cc1ccccc1CN(Cc1cccnc1)Cc1cccs1. The molecule has 0 aliphatic heterocycles. The van der Waals surface area contributed by atoms with Gasteiger partial charge in [-0.2, -0.15) is 0 Å². The molecule has 0 fully saturated rings. The van der Waals surface area contributed by atoms with Gasteiger partial charge in [0.25, 0.3) is 0 Å². The van der Waals surface area contributed by atoms with Crippen LogP contribution < -0.4 is 0 Å². The highest BCUT2D eigenvalue weighted by molar-refractivity contribution is 7.09. The summed E-state index contributed by atoms with van der Waals surface area (Å²) in [5, 5.41) is 2.14. The number of aromatic nitrogens is 1. The molecule has 0 saturated carbocycles. The van der Waals surface area contributed by atoms with Crippen molar-refractivity contribution >= 4 is 11.3 Å². The second-order valence-electron chi connectivity index (χ2n) is 5.51. The molecule has 22 heavy (non-hydrogen) atoms. The molecular formula is C19H20N2S. The van der Waals surface area contributed by atoms with E-state index in [1.165, 1.54) is 21.6 Å². The molecule has 0 radical (unpaired) electrons. The number of hydrogen-bond acceptors (Lipinski definition) is 3. The summed E-state index contributed by atoms with van der Waals surface area (Å²) in [4.78, 5) is 8.11. The largest absolute Gasteiger partial charge is 0.290 e. The summed E-state index contributed by atoms with van der Waals surface area (Å²) in [5.74, 6) is 0. The maximum Gasteiger partial charge on any atom is 0.0335 e. The molecule has 0 aliphatic rings. The molecule has 0 saturated heterocycles. The van der Waals surface area contributed by atoms with E-state index in [-0.39, 0.29) is 0 Å². The number of thiophene rings is 1. The summed E-state index contributed by atoms with van der Waals surface area (Å²) in [6.45, 7) is 5.03. The van der Waals surface area contributed by atoms with E-state index >= 15 is 0 Å². The zero-order valence-corrected chi connectivity index (χ0v) is 13.6. The lowest BCUT2D eigenvalue weighted by atomic mass is 10.1. The third-order valence-corrected chi connectivity index (χ3v) is 4.60. The molecule has 0 unspecified atom stereocenters. The Bertz CT molecular complexity index is 692. The third kappa shape index (κ3) is 4.03. The van der Waals surface area contributed by atoms with Gasteiger partial charge < -0.3 is 0 Å². The normalized spacial score (nSPS) is 11.0. The lowest BCUT2D eigenvalue weighted by molar-refractivity contribution is 0.249. The van der Waals surface area contributed by atoms with Crippen LogP contribution in [0.25, 0.3) is 0 Å². The second kappa shape index (κ2) is 7.34. The molecule has 0 atom stereocenters. The predicted molar refractivity (Wildman–Crippen MR) is 92.7 cm³/mol. The maximum absolute atomic E-state index is 4.24. The fourth-order valence-electron chi connectivity index (χ4n) is 2.57. The number of aryl methyl sites for hydroxylation is 1. The molecule has 3 heteroatoms. The van der Waals surface area contributed by atoms with Crippen molar-refractivity contribution in [3.8, 4) is 0 Å². The Morgan fingerprint density at radius 3 is 2.59 bits per heavy atom. The van der Waals surface area contributed by atoms with E-state index in [4.69, 9.17) is 0 Å². The molecule has 0 bridgehead atoms. The zero-order valence-electron chi connectivity index (χ0n) is 12.8. The highest BCUT2D eigenvalue weighted by atomic mass is 32.1. The van der Waals surface area contributed by atoms with Crippen LogP contribution in [0.15, 0.2) is 66.3 Å². The highest BCUT2D eigenvalue weighted by Gasteiger charge is 2.10. The molecule has 3 rings (SSSR count). The van der Waals surface area contributed by atoms with Crippen molar-refractivity contribution in [3.05, 3.63) is 87.9 Å². The van der Waals surface area contributed by atoms with E-state index in [0.29, 0.717) is 0 Å². The summed E-state index contributed by atoms with van der Waals surface area (Å²) >= 11 is 1.82. The van der Waals surface area contributed by atoms with Crippen LogP contribution in [0.1, 0.15) is 21.6 Å². The second-order valence-corrected chi connectivity index (χ2v) is 6.54. The fourth-order valence-corrected chi connectivity index (χ4v) is 3.32. The lowest BCUT2D eigenvalue weighted by Gasteiger charge is -2.22. The topological polar surface area (TPSA) is 16.1 Å². The molecule has 0 spiro atoms. The van der Waals surface area contributed by atoms with Crippen LogP contribution in [0.2, 0.25) is 0 Å². The van der Waals surface area contributed by atoms with E-state index in [1.54, 1.807) is 0 Å². The smallest absolute Gasteiger partial charge is 0.0335 e. The third-order valence-electron chi connectivity index (χ3n) is 3.74. The van der Waals surface area contributed by atoms with Crippen LogP contribution in [0.4, 0.5) is 0 Å². The molecule has 112 valence electrons. The van der Waals surface area contributed by atoms with Gasteiger partial charge in [-0.25, -0.2) is 0 Å². The van der Waals surface area contributed by atoms with Gasteiger partial charge in [0, 0.05) is 36.9 Å². The summed E-state index contributed by atoms with van der Waals surface area (Å²) in [6.07, 6.45) is 3.79. The molecule has 0 aliphatic carbocycles. The minimum atomic E-state index is 0.917. The van der Waals surface area contributed by atoms with Gasteiger partial charge >= 0.3 is 0 Å². The molecule has 2 nitrogen and oxygen atoms in total. The van der Waals surface area contributed by atoms with Crippen molar-refractivity contribution < 1.29 is 0 Å². The molecule has 1 aromatic carbocycles. The first-order valence-corrected chi connectivity index (χ1v) is 8.37. The minimum Gasteiger partial charge on any atom is -0.290 e. The Hall–Kier alpha value is -1.97. The predicted octanol–water partition coefficient (Wildman–Crippen LogP) is 4.65.